The molecule has 6 heteroatoms. The van der Waals surface area contributed by atoms with Gasteiger partial charge in [-0.3, -0.25) is 0 Å². The van der Waals surface area contributed by atoms with Gasteiger partial charge in [-0.1, -0.05) is 0 Å². The van der Waals surface area contributed by atoms with Crippen LogP contribution in [0.25, 0.3) is 0 Å². The summed E-state index contributed by atoms with van der Waals surface area (Å²) in [4.78, 5) is 10.2. The third-order valence-electron chi connectivity index (χ3n) is 2.21. The van der Waals surface area contributed by atoms with E-state index < -0.39 is 0 Å². The number of aromatic nitrogens is 2. The molecule has 2 heterocycles. The molecule has 5 nitrogen and oxygen atoms in total. The Kier molecular flexibility index (Phi) is 3.23. The Labute approximate surface area is 93.0 Å². The molecule has 1 fully saturated rings. The van der Waals surface area contributed by atoms with E-state index in [-0.39, 0.29) is 5.28 Å². The summed E-state index contributed by atoms with van der Waals surface area (Å²) in [5, 5.41) is 0.204. The van der Waals surface area contributed by atoms with Crippen molar-refractivity contribution in [3.8, 4) is 5.88 Å². The Hall–Kier alpha value is -1.07. The van der Waals surface area contributed by atoms with Crippen molar-refractivity contribution in [1.82, 2.24) is 9.97 Å². The Morgan fingerprint density at radius 2 is 2.13 bits per heavy atom. The molecule has 1 aromatic rings. The van der Waals surface area contributed by atoms with Gasteiger partial charge in [0.2, 0.25) is 11.2 Å². The molecule has 1 aliphatic heterocycles. The van der Waals surface area contributed by atoms with Crippen molar-refractivity contribution >= 4 is 17.4 Å². The van der Waals surface area contributed by atoms with Crippen LogP contribution in [-0.4, -0.2) is 43.4 Å². The predicted molar refractivity (Wildman–Crippen MR) is 56.6 cm³/mol. The molecular weight excluding hydrogens is 218 g/mol. The summed E-state index contributed by atoms with van der Waals surface area (Å²) in [6, 6.07) is 1.78. The van der Waals surface area contributed by atoms with Gasteiger partial charge in [0.15, 0.2) is 0 Å². The first-order chi connectivity index (χ1) is 7.29. The van der Waals surface area contributed by atoms with Crippen molar-refractivity contribution in [1.29, 1.82) is 0 Å². The lowest BCUT2D eigenvalue weighted by Crippen LogP contribution is -2.36. The first-order valence-corrected chi connectivity index (χ1v) is 5.08. The van der Waals surface area contributed by atoms with Crippen molar-refractivity contribution in [2.75, 3.05) is 38.3 Å². The summed E-state index contributed by atoms with van der Waals surface area (Å²) in [5.74, 6) is 1.27. The molecule has 0 spiro atoms. The number of halogens is 1. The van der Waals surface area contributed by atoms with Gasteiger partial charge in [0, 0.05) is 19.2 Å². The van der Waals surface area contributed by atoms with Crippen LogP contribution < -0.4 is 9.64 Å². The van der Waals surface area contributed by atoms with Crippen LogP contribution in [0.5, 0.6) is 5.88 Å². The molecule has 82 valence electrons. The number of hydrogen-bond donors (Lipinski definition) is 0. The molecule has 0 amide bonds. The van der Waals surface area contributed by atoms with Crippen molar-refractivity contribution in [2.24, 2.45) is 0 Å². The zero-order chi connectivity index (χ0) is 10.7. The minimum atomic E-state index is 0.204. The topological polar surface area (TPSA) is 47.5 Å². The third-order valence-corrected chi connectivity index (χ3v) is 2.38. The highest BCUT2D eigenvalue weighted by Crippen LogP contribution is 2.20. The molecule has 15 heavy (non-hydrogen) atoms. The molecule has 0 N–H and O–H groups in total. The van der Waals surface area contributed by atoms with Gasteiger partial charge in [-0.05, 0) is 11.6 Å². The maximum Gasteiger partial charge on any atom is 0.227 e. The van der Waals surface area contributed by atoms with Crippen LogP contribution in [-0.2, 0) is 4.74 Å². The van der Waals surface area contributed by atoms with E-state index in [0.29, 0.717) is 19.1 Å². The van der Waals surface area contributed by atoms with Gasteiger partial charge >= 0.3 is 0 Å². The smallest absolute Gasteiger partial charge is 0.227 e. The Bertz CT molecular complexity index is 342. The predicted octanol–water partition coefficient (Wildman–Crippen LogP) is 0.975. The van der Waals surface area contributed by atoms with Crippen molar-refractivity contribution in [2.45, 2.75) is 0 Å². The van der Waals surface area contributed by atoms with Crippen LogP contribution in [0.15, 0.2) is 6.07 Å². The minimum Gasteiger partial charge on any atom is -0.481 e. The van der Waals surface area contributed by atoms with Gasteiger partial charge in [0.25, 0.3) is 0 Å². The van der Waals surface area contributed by atoms with Crippen molar-refractivity contribution in [3.63, 3.8) is 0 Å². The maximum atomic E-state index is 5.79. The van der Waals surface area contributed by atoms with E-state index in [0.717, 1.165) is 18.9 Å². The van der Waals surface area contributed by atoms with Gasteiger partial charge in [-0.15, -0.1) is 0 Å². The first kappa shape index (κ1) is 10.4. The molecule has 0 unspecified atom stereocenters. The van der Waals surface area contributed by atoms with Gasteiger partial charge < -0.3 is 14.4 Å². The summed E-state index contributed by atoms with van der Waals surface area (Å²) in [7, 11) is 1.56. The summed E-state index contributed by atoms with van der Waals surface area (Å²) in [6.45, 7) is 3.06. The molecule has 0 radical (unpaired) electrons. The van der Waals surface area contributed by atoms with Crippen molar-refractivity contribution in [3.05, 3.63) is 11.3 Å². The Morgan fingerprint density at radius 1 is 1.40 bits per heavy atom. The van der Waals surface area contributed by atoms with E-state index in [1.54, 1.807) is 13.2 Å². The Balaban J connectivity index is 2.22. The summed E-state index contributed by atoms with van der Waals surface area (Å²) >= 11 is 5.79. The number of methoxy groups -OCH3 is 1. The van der Waals surface area contributed by atoms with E-state index in [4.69, 9.17) is 21.1 Å². The third kappa shape index (κ3) is 2.49. The maximum absolute atomic E-state index is 5.79. The van der Waals surface area contributed by atoms with Crippen LogP contribution in [0.2, 0.25) is 5.28 Å². The van der Waals surface area contributed by atoms with Gasteiger partial charge in [0.05, 0.1) is 20.3 Å². The van der Waals surface area contributed by atoms with Gasteiger partial charge in [0.1, 0.15) is 5.82 Å². The normalized spacial score (nSPS) is 16.5. The molecule has 0 aliphatic carbocycles. The van der Waals surface area contributed by atoms with E-state index in [1.807, 2.05) is 0 Å². The number of ether oxygens (including phenoxy) is 2. The van der Waals surface area contributed by atoms with E-state index in [2.05, 4.69) is 14.9 Å². The fourth-order valence-electron chi connectivity index (χ4n) is 1.44. The number of nitrogens with zero attached hydrogens (tertiary/aromatic N) is 3. The fraction of sp³-hybridized carbons (Fsp3) is 0.556. The van der Waals surface area contributed by atoms with Gasteiger partial charge in [-0.2, -0.15) is 4.98 Å². The van der Waals surface area contributed by atoms with Crippen LogP contribution in [0.3, 0.4) is 0 Å². The lowest BCUT2D eigenvalue weighted by molar-refractivity contribution is 0.122. The number of rotatable bonds is 2. The monoisotopic (exact) mass is 229 g/mol. The molecule has 0 atom stereocenters. The summed E-state index contributed by atoms with van der Waals surface area (Å²) in [6.07, 6.45) is 0. The van der Waals surface area contributed by atoms with Crippen LogP contribution in [0.4, 0.5) is 5.82 Å². The Morgan fingerprint density at radius 3 is 2.80 bits per heavy atom. The molecular formula is C9H12ClN3O2. The number of anilines is 1. The van der Waals surface area contributed by atoms with E-state index >= 15 is 0 Å². The largest absolute Gasteiger partial charge is 0.481 e. The minimum absolute atomic E-state index is 0.204. The molecule has 0 saturated carbocycles. The summed E-state index contributed by atoms with van der Waals surface area (Å²) in [5.41, 5.74) is 0. The molecule has 1 aliphatic rings. The highest BCUT2D eigenvalue weighted by molar-refractivity contribution is 6.28. The highest BCUT2D eigenvalue weighted by atomic mass is 35.5. The fourth-order valence-corrected chi connectivity index (χ4v) is 1.61. The number of morpholine rings is 1. The molecule has 2 rings (SSSR count). The quantitative estimate of drug-likeness (QED) is 0.708. The average molecular weight is 230 g/mol. The molecule has 1 saturated heterocycles. The first-order valence-electron chi connectivity index (χ1n) is 4.71. The lowest BCUT2D eigenvalue weighted by Gasteiger charge is -2.27. The lowest BCUT2D eigenvalue weighted by atomic mass is 10.4. The average Bonchev–Trinajstić information content (AvgIpc) is 2.29. The zero-order valence-electron chi connectivity index (χ0n) is 8.44. The molecule has 0 aromatic carbocycles. The van der Waals surface area contributed by atoms with E-state index in [9.17, 15) is 0 Å². The molecule has 1 aromatic heterocycles. The van der Waals surface area contributed by atoms with E-state index in [1.165, 1.54) is 0 Å². The SMILES string of the molecule is COc1cc(N2CCOCC2)nc(Cl)n1. The van der Waals surface area contributed by atoms with Gasteiger partial charge in [-0.25, -0.2) is 4.98 Å². The second kappa shape index (κ2) is 4.63. The zero-order valence-corrected chi connectivity index (χ0v) is 9.20. The van der Waals surface area contributed by atoms with Crippen LogP contribution >= 0.6 is 11.6 Å². The highest BCUT2D eigenvalue weighted by Gasteiger charge is 2.14. The second-order valence-electron chi connectivity index (χ2n) is 3.14. The van der Waals surface area contributed by atoms with Crippen molar-refractivity contribution < 1.29 is 9.47 Å². The standard InChI is InChI=1S/C9H12ClN3O2/c1-14-8-6-7(11-9(10)12-8)13-2-4-15-5-3-13/h6H,2-5H2,1H3. The van der Waals surface area contributed by atoms with Crippen LogP contribution in [0, 0.1) is 0 Å². The second-order valence-corrected chi connectivity index (χ2v) is 3.48. The summed E-state index contributed by atoms with van der Waals surface area (Å²) < 4.78 is 10.3. The van der Waals surface area contributed by atoms with Crippen LogP contribution in [0.1, 0.15) is 0 Å². The molecule has 0 bridgehead atoms. The number of hydrogen-bond acceptors (Lipinski definition) is 5.